The van der Waals surface area contributed by atoms with Gasteiger partial charge in [-0.25, -0.2) is 9.78 Å². The predicted molar refractivity (Wildman–Crippen MR) is 105 cm³/mol. The van der Waals surface area contributed by atoms with E-state index >= 15 is 0 Å². The highest BCUT2D eigenvalue weighted by atomic mass is 16.3. The van der Waals surface area contributed by atoms with Gasteiger partial charge in [0, 0.05) is 31.5 Å². The fourth-order valence-electron chi connectivity index (χ4n) is 5.03. The number of anilines is 1. The molecule has 2 N–H and O–H groups in total. The van der Waals surface area contributed by atoms with Crippen LogP contribution in [0, 0.1) is 6.92 Å². The summed E-state index contributed by atoms with van der Waals surface area (Å²) in [5.74, 6) is 1.01. The zero-order valence-corrected chi connectivity index (χ0v) is 16.3. The van der Waals surface area contributed by atoms with Crippen LogP contribution in [-0.2, 0) is 16.9 Å². The third-order valence-electron chi connectivity index (χ3n) is 6.47. The lowest BCUT2D eigenvalue weighted by Gasteiger charge is -2.42. The molecule has 1 spiro atoms. The van der Waals surface area contributed by atoms with E-state index in [0.717, 1.165) is 66.7 Å². The molecule has 1 saturated heterocycles. The van der Waals surface area contributed by atoms with E-state index in [1.807, 2.05) is 13.0 Å². The number of amides is 2. The Morgan fingerprint density at radius 2 is 1.93 bits per heavy atom. The quantitative estimate of drug-likeness (QED) is 0.829. The van der Waals surface area contributed by atoms with E-state index in [1.54, 1.807) is 0 Å². The normalized spacial score (nSPS) is 22.2. The second-order valence-corrected chi connectivity index (χ2v) is 8.44. The minimum Gasteiger partial charge on any atom is -0.439 e. The summed E-state index contributed by atoms with van der Waals surface area (Å²) in [5.41, 5.74) is 4.24. The smallest absolute Gasteiger partial charge is 0.319 e. The van der Waals surface area contributed by atoms with E-state index in [9.17, 15) is 9.59 Å². The Bertz CT molecular complexity index is 948. The van der Waals surface area contributed by atoms with Crippen molar-refractivity contribution < 1.29 is 14.0 Å². The highest BCUT2D eigenvalue weighted by Gasteiger charge is 2.43. The van der Waals surface area contributed by atoms with Gasteiger partial charge in [0.2, 0.25) is 5.89 Å². The molecular formula is C21H26N4O3. The van der Waals surface area contributed by atoms with Crippen LogP contribution < -0.4 is 10.6 Å². The topological polar surface area (TPSA) is 87.5 Å². The van der Waals surface area contributed by atoms with Crippen LogP contribution in [0.15, 0.2) is 10.5 Å². The highest BCUT2D eigenvalue weighted by molar-refractivity contribution is 5.99. The maximum atomic E-state index is 12.4. The molecule has 5 rings (SSSR count). The Morgan fingerprint density at radius 3 is 2.68 bits per heavy atom. The number of Topliss-reactive ketones (excluding diaryl/α,β-unsaturated/α-hetero) is 1. The Morgan fingerprint density at radius 1 is 1.18 bits per heavy atom. The summed E-state index contributed by atoms with van der Waals surface area (Å²) >= 11 is 0. The lowest BCUT2D eigenvalue weighted by molar-refractivity contribution is -0.121. The summed E-state index contributed by atoms with van der Waals surface area (Å²) in [4.78, 5) is 30.9. The highest BCUT2D eigenvalue weighted by Crippen LogP contribution is 2.47. The van der Waals surface area contributed by atoms with E-state index in [0.29, 0.717) is 31.1 Å². The summed E-state index contributed by atoms with van der Waals surface area (Å²) in [6, 6.07) is 1.87. The molecule has 0 radical (unpaired) electrons. The first-order valence-electron chi connectivity index (χ1n) is 10.3. The Labute approximate surface area is 163 Å². The molecule has 0 atom stereocenters. The van der Waals surface area contributed by atoms with Crippen molar-refractivity contribution >= 4 is 28.6 Å². The number of aryl methyl sites for hydroxylation is 1. The molecule has 28 heavy (non-hydrogen) atoms. The van der Waals surface area contributed by atoms with Crippen LogP contribution in [0.25, 0.3) is 11.1 Å². The summed E-state index contributed by atoms with van der Waals surface area (Å²) in [7, 11) is 0. The number of fused-ring (bicyclic) bond motifs is 4. The first-order chi connectivity index (χ1) is 13.5. The van der Waals surface area contributed by atoms with Gasteiger partial charge in [-0.1, -0.05) is 19.3 Å². The third kappa shape index (κ3) is 2.89. The molecule has 1 aromatic heterocycles. The van der Waals surface area contributed by atoms with Crippen molar-refractivity contribution in [1.82, 2.24) is 15.2 Å². The van der Waals surface area contributed by atoms with Gasteiger partial charge in [-0.3, -0.25) is 9.69 Å². The molecule has 7 nitrogen and oxygen atoms in total. The van der Waals surface area contributed by atoms with Crippen molar-refractivity contribution in [2.45, 2.75) is 64.0 Å². The standard InChI is InChI=1S/C21H26N4O3/c1-13-11-15-19(28-16(22-15)12-25-9-5-14(26)6-10-25)17-18(13)23-20(27)24-21(17)7-3-2-4-8-21/h11H,2-10,12H2,1H3,(H2,23,24,27). The van der Waals surface area contributed by atoms with E-state index in [4.69, 9.17) is 9.40 Å². The Hall–Kier alpha value is -2.41. The number of hydrogen-bond donors (Lipinski definition) is 2. The van der Waals surface area contributed by atoms with E-state index in [1.165, 1.54) is 6.42 Å². The average molecular weight is 382 g/mol. The Balaban J connectivity index is 1.57. The monoisotopic (exact) mass is 382 g/mol. The molecule has 1 saturated carbocycles. The number of aromatic nitrogens is 1. The van der Waals surface area contributed by atoms with Gasteiger partial charge in [-0.2, -0.15) is 0 Å². The summed E-state index contributed by atoms with van der Waals surface area (Å²) in [6.07, 6.45) is 6.45. The van der Waals surface area contributed by atoms with Crippen molar-refractivity contribution in [1.29, 1.82) is 0 Å². The molecule has 1 aliphatic carbocycles. The van der Waals surface area contributed by atoms with Gasteiger partial charge in [0.05, 0.1) is 17.8 Å². The summed E-state index contributed by atoms with van der Waals surface area (Å²) in [5, 5.41) is 6.22. The number of nitrogens with one attached hydrogen (secondary N) is 2. The second-order valence-electron chi connectivity index (χ2n) is 8.44. The van der Waals surface area contributed by atoms with Crippen LogP contribution in [0.1, 0.15) is 62.0 Å². The van der Waals surface area contributed by atoms with Crippen molar-refractivity contribution in [3.8, 4) is 0 Å². The minimum atomic E-state index is -0.367. The molecule has 7 heteroatoms. The zero-order chi connectivity index (χ0) is 19.3. The number of ketones is 1. The predicted octanol–water partition coefficient (Wildman–Crippen LogP) is 3.60. The van der Waals surface area contributed by atoms with Gasteiger partial charge in [0.15, 0.2) is 5.58 Å². The minimum absolute atomic E-state index is 0.130. The maximum absolute atomic E-state index is 12.4. The lowest BCUT2D eigenvalue weighted by Crippen LogP contribution is -2.52. The van der Waals surface area contributed by atoms with Crippen LogP contribution in [0.5, 0.6) is 0 Å². The van der Waals surface area contributed by atoms with E-state index < -0.39 is 0 Å². The number of piperidine rings is 1. The van der Waals surface area contributed by atoms with E-state index in [-0.39, 0.29) is 11.6 Å². The molecule has 0 unspecified atom stereocenters. The van der Waals surface area contributed by atoms with Crippen molar-refractivity contribution in [3.05, 3.63) is 23.1 Å². The second kappa shape index (κ2) is 6.58. The largest absolute Gasteiger partial charge is 0.439 e. The van der Waals surface area contributed by atoms with Crippen LogP contribution in [0.3, 0.4) is 0 Å². The third-order valence-corrected chi connectivity index (χ3v) is 6.47. The number of carbonyl (C=O) groups excluding carboxylic acids is 2. The van der Waals surface area contributed by atoms with Crippen LogP contribution in [-0.4, -0.2) is 34.8 Å². The lowest BCUT2D eigenvalue weighted by atomic mass is 9.74. The van der Waals surface area contributed by atoms with Gasteiger partial charge in [0.25, 0.3) is 0 Å². The number of nitrogens with zero attached hydrogens (tertiary/aromatic N) is 2. The molecule has 2 fully saturated rings. The number of likely N-dealkylation sites (tertiary alicyclic amines) is 1. The van der Waals surface area contributed by atoms with Gasteiger partial charge in [0.1, 0.15) is 11.3 Å². The summed E-state index contributed by atoms with van der Waals surface area (Å²) < 4.78 is 6.28. The van der Waals surface area contributed by atoms with Gasteiger partial charge < -0.3 is 15.1 Å². The molecule has 0 bridgehead atoms. The fourth-order valence-corrected chi connectivity index (χ4v) is 5.03. The molecule has 2 aromatic rings. The molecule has 1 aromatic carbocycles. The van der Waals surface area contributed by atoms with E-state index in [2.05, 4.69) is 15.5 Å². The number of benzene rings is 1. The SMILES string of the molecule is Cc1cc2nc(CN3CCC(=O)CC3)oc2c2c1NC(=O)NC21CCCCC1. The molecular weight excluding hydrogens is 356 g/mol. The number of rotatable bonds is 2. The van der Waals surface area contributed by atoms with Crippen LogP contribution >= 0.6 is 0 Å². The maximum Gasteiger partial charge on any atom is 0.319 e. The zero-order valence-electron chi connectivity index (χ0n) is 16.3. The molecule has 2 amide bonds. The number of urea groups is 1. The van der Waals surface area contributed by atoms with Gasteiger partial charge in [-0.05, 0) is 31.4 Å². The van der Waals surface area contributed by atoms with Crippen molar-refractivity contribution in [2.24, 2.45) is 0 Å². The van der Waals surface area contributed by atoms with Gasteiger partial charge >= 0.3 is 6.03 Å². The Kier molecular flexibility index (Phi) is 4.16. The number of oxazole rings is 1. The van der Waals surface area contributed by atoms with Crippen LogP contribution in [0.4, 0.5) is 10.5 Å². The van der Waals surface area contributed by atoms with Crippen LogP contribution in [0.2, 0.25) is 0 Å². The number of hydrogen-bond acceptors (Lipinski definition) is 5. The first-order valence-corrected chi connectivity index (χ1v) is 10.3. The molecule has 3 heterocycles. The van der Waals surface area contributed by atoms with Gasteiger partial charge in [-0.15, -0.1) is 0 Å². The van der Waals surface area contributed by atoms with Crippen molar-refractivity contribution in [2.75, 3.05) is 18.4 Å². The molecule has 2 aliphatic heterocycles. The average Bonchev–Trinajstić information content (AvgIpc) is 3.06. The summed E-state index contributed by atoms with van der Waals surface area (Å²) in [6.45, 7) is 4.15. The fraction of sp³-hybridized carbons (Fsp3) is 0.571. The molecule has 3 aliphatic rings. The van der Waals surface area contributed by atoms with Crippen molar-refractivity contribution in [3.63, 3.8) is 0 Å². The molecule has 148 valence electrons. The number of carbonyl (C=O) groups is 2. The first kappa shape index (κ1) is 17.7.